The Labute approximate surface area is 146 Å². The molecule has 6 heteroatoms. The molecule has 3 heterocycles. The van der Waals surface area contributed by atoms with E-state index in [1.54, 1.807) is 22.7 Å². The molecule has 0 unspecified atom stereocenters. The van der Waals surface area contributed by atoms with Gasteiger partial charge >= 0.3 is 0 Å². The van der Waals surface area contributed by atoms with Crippen LogP contribution in [0.4, 0.5) is 0 Å². The summed E-state index contributed by atoms with van der Waals surface area (Å²) in [6, 6.07) is 14.4. The van der Waals surface area contributed by atoms with Gasteiger partial charge in [-0.15, -0.1) is 34.4 Å². The monoisotopic (exact) mass is 353 g/mol. The lowest BCUT2D eigenvalue weighted by Gasteiger charge is -2.10. The van der Waals surface area contributed by atoms with E-state index in [0.717, 1.165) is 21.0 Å². The molecule has 0 atom stereocenters. The highest BCUT2D eigenvalue weighted by molar-refractivity contribution is 7.99. The minimum atomic E-state index is 0.439. The number of nitriles is 2. The third-order valence-electron chi connectivity index (χ3n) is 3.11. The molecule has 0 saturated carbocycles. The Kier molecular flexibility index (Phi) is 5.09. The van der Waals surface area contributed by atoms with E-state index in [-0.39, 0.29) is 0 Å². The fourth-order valence-electron chi connectivity index (χ4n) is 2.10. The predicted molar refractivity (Wildman–Crippen MR) is 96.5 cm³/mol. The van der Waals surface area contributed by atoms with Gasteiger partial charge in [-0.25, -0.2) is 4.98 Å². The van der Waals surface area contributed by atoms with Crippen molar-refractivity contribution < 1.29 is 0 Å². The summed E-state index contributed by atoms with van der Waals surface area (Å²) in [5, 5.41) is 23.1. The first-order valence-electron chi connectivity index (χ1n) is 6.86. The third-order valence-corrected chi connectivity index (χ3v) is 5.88. The lowest BCUT2D eigenvalue weighted by molar-refractivity contribution is 1.12. The SMILES string of the molecule is N#CCCSc1nc(-c2cccs2)cc(-c2cccs2)c1C#N. The van der Waals surface area contributed by atoms with Crippen molar-refractivity contribution in [2.45, 2.75) is 11.4 Å². The lowest BCUT2D eigenvalue weighted by atomic mass is 10.1. The Bertz CT molecular complexity index is 869. The Morgan fingerprint density at radius 3 is 2.43 bits per heavy atom. The highest BCUT2D eigenvalue weighted by Crippen LogP contribution is 2.37. The van der Waals surface area contributed by atoms with Gasteiger partial charge in [-0.2, -0.15) is 10.5 Å². The Morgan fingerprint density at radius 1 is 1.09 bits per heavy atom. The van der Waals surface area contributed by atoms with Crippen molar-refractivity contribution in [3.8, 4) is 33.2 Å². The zero-order valence-electron chi connectivity index (χ0n) is 12.0. The second kappa shape index (κ2) is 7.43. The number of hydrogen-bond acceptors (Lipinski definition) is 6. The summed E-state index contributed by atoms with van der Waals surface area (Å²) in [7, 11) is 0. The Hall–Kier alpha value is -2.12. The van der Waals surface area contributed by atoms with Gasteiger partial charge in [-0.05, 0) is 29.0 Å². The summed E-state index contributed by atoms with van der Waals surface area (Å²) < 4.78 is 0. The molecule has 0 radical (unpaired) electrons. The average molecular weight is 353 g/mol. The fourth-order valence-corrected chi connectivity index (χ4v) is 4.39. The van der Waals surface area contributed by atoms with E-state index in [9.17, 15) is 5.26 Å². The third kappa shape index (κ3) is 3.46. The van der Waals surface area contributed by atoms with Gasteiger partial charge in [0.2, 0.25) is 0 Å². The van der Waals surface area contributed by atoms with Crippen molar-refractivity contribution in [1.82, 2.24) is 4.98 Å². The molecule has 112 valence electrons. The largest absolute Gasteiger partial charge is 0.239 e. The fraction of sp³-hybridized carbons (Fsp3) is 0.118. The maximum absolute atomic E-state index is 9.61. The van der Waals surface area contributed by atoms with Crippen molar-refractivity contribution in [2.24, 2.45) is 0 Å². The van der Waals surface area contributed by atoms with Crippen molar-refractivity contribution in [1.29, 1.82) is 10.5 Å². The number of thioether (sulfide) groups is 1. The van der Waals surface area contributed by atoms with Gasteiger partial charge in [0.1, 0.15) is 11.1 Å². The van der Waals surface area contributed by atoms with Crippen LogP contribution in [0.3, 0.4) is 0 Å². The number of aromatic nitrogens is 1. The van der Waals surface area contributed by atoms with Crippen molar-refractivity contribution >= 4 is 34.4 Å². The van der Waals surface area contributed by atoms with E-state index in [4.69, 9.17) is 5.26 Å². The minimum absolute atomic E-state index is 0.439. The van der Waals surface area contributed by atoms with E-state index in [1.165, 1.54) is 11.8 Å². The van der Waals surface area contributed by atoms with Gasteiger partial charge in [0.05, 0.1) is 22.2 Å². The smallest absolute Gasteiger partial charge is 0.115 e. The van der Waals surface area contributed by atoms with Crippen LogP contribution in [0.2, 0.25) is 0 Å². The molecule has 23 heavy (non-hydrogen) atoms. The number of nitrogens with zero attached hydrogens (tertiary/aromatic N) is 3. The summed E-state index contributed by atoms with van der Waals surface area (Å²) in [4.78, 5) is 6.81. The maximum atomic E-state index is 9.61. The standard InChI is InChI=1S/C17H11N3S3/c18-6-3-9-23-17-13(11-19)12(15-4-1-7-21-15)10-14(20-17)16-5-2-8-22-16/h1-2,4-5,7-8,10H,3,9H2. The summed E-state index contributed by atoms with van der Waals surface area (Å²) >= 11 is 4.71. The molecule has 0 saturated heterocycles. The van der Waals surface area contributed by atoms with E-state index in [1.807, 2.05) is 41.1 Å². The van der Waals surface area contributed by atoms with E-state index in [2.05, 4.69) is 17.1 Å². The lowest BCUT2D eigenvalue weighted by Crippen LogP contribution is -1.94. The van der Waals surface area contributed by atoms with Crippen LogP contribution >= 0.6 is 34.4 Å². The highest BCUT2D eigenvalue weighted by atomic mass is 32.2. The molecule has 0 aliphatic rings. The van der Waals surface area contributed by atoms with Crippen LogP contribution in [-0.4, -0.2) is 10.7 Å². The first kappa shape index (κ1) is 15.8. The molecular weight excluding hydrogens is 342 g/mol. The first-order valence-corrected chi connectivity index (χ1v) is 9.60. The second-order valence-corrected chi connectivity index (χ2v) is 7.54. The molecule has 3 nitrogen and oxygen atoms in total. The van der Waals surface area contributed by atoms with Gasteiger partial charge < -0.3 is 0 Å². The van der Waals surface area contributed by atoms with Crippen LogP contribution in [0.15, 0.2) is 46.1 Å². The van der Waals surface area contributed by atoms with Gasteiger partial charge in [0.15, 0.2) is 0 Å². The van der Waals surface area contributed by atoms with Gasteiger partial charge in [-0.1, -0.05) is 12.1 Å². The van der Waals surface area contributed by atoms with Gasteiger partial charge in [0.25, 0.3) is 0 Å². The normalized spacial score (nSPS) is 10.2. The Morgan fingerprint density at radius 2 is 1.83 bits per heavy atom. The number of thiophene rings is 2. The summed E-state index contributed by atoms with van der Waals surface area (Å²) in [5.41, 5.74) is 2.39. The van der Waals surface area contributed by atoms with E-state index < -0.39 is 0 Å². The number of hydrogen-bond donors (Lipinski definition) is 0. The molecule has 0 N–H and O–H groups in total. The highest BCUT2D eigenvalue weighted by Gasteiger charge is 2.16. The number of rotatable bonds is 5. The van der Waals surface area contributed by atoms with Crippen LogP contribution < -0.4 is 0 Å². The molecule has 0 aliphatic heterocycles. The zero-order chi connectivity index (χ0) is 16.1. The predicted octanol–water partition coefficient (Wildman–Crippen LogP) is 5.42. The summed E-state index contributed by atoms with van der Waals surface area (Å²) in [6.45, 7) is 0. The van der Waals surface area contributed by atoms with Crippen LogP contribution in [0.1, 0.15) is 12.0 Å². The molecule has 0 spiro atoms. The molecule has 0 bridgehead atoms. The zero-order valence-corrected chi connectivity index (χ0v) is 14.5. The van der Waals surface area contributed by atoms with Crippen molar-refractivity contribution in [3.05, 3.63) is 46.7 Å². The molecule has 3 aromatic heterocycles. The molecule has 0 fully saturated rings. The number of pyridine rings is 1. The molecule has 3 rings (SSSR count). The van der Waals surface area contributed by atoms with Crippen LogP contribution in [0.5, 0.6) is 0 Å². The Balaban J connectivity index is 2.13. The van der Waals surface area contributed by atoms with E-state index >= 15 is 0 Å². The van der Waals surface area contributed by atoms with E-state index in [0.29, 0.717) is 22.8 Å². The molecule has 0 aliphatic carbocycles. The summed E-state index contributed by atoms with van der Waals surface area (Å²) in [5.74, 6) is 0.635. The quantitative estimate of drug-likeness (QED) is 0.454. The van der Waals surface area contributed by atoms with Crippen LogP contribution in [-0.2, 0) is 0 Å². The molecule has 0 amide bonds. The first-order chi connectivity index (χ1) is 11.3. The minimum Gasteiger partial charge on any atom is -0.239 e. The molecular formula is C17H11N3S3. The summed E-state index contributed by atoms with van der Waals surface area (Å²) in [6.07, 6.45) is 0.439. The van der Waals surface area contributed by atoms with Crippen LogP contribution in [0, 0.1) is 22.7 Å². The van der Waals surface area contributed by atoms with Crippen molar-refractivity contribution in [3.63, 3.8) is 0 Å². The van der Waals surface area contributed by atoms with Gasteiger partial charge in [-0.3, -0.25) is 0 Å². The van der Waals surface area contributed by atoms with Gasteiger partial charge in [0, 0.05) is 22.6 Å². The molecule has 3 aromatic rings. The topological polar surface area (TPSA) is 60.5 Å². The second-order valence-electron chi connectivity index (χ2n) is 4.56. The maximum Gasteiger partial charge on any atom is 0.115 e. The van der Waals surface area contributed by atoms with Crippen LogP contribution in [0.25, 0.3) is 21.0 Å². The average Bonchev–Trinajstić information content (AvgIpc) is 3.27. The molecule has 0 aromatic carbocycles. The van der Waals surface area contributed by atoms with Crippen molar-refractivity contribution in [2.75, 3.05) is 5.75 Å².